The van der Waals surface area contributed by atoms with Crippen LogP contribution in [0.3, 0.4) is 0 Å². The summed E-state index contributed by atoms with van der Waals surface area (Å²) >= 11 is 0. The summed E-state index contributed by atoms with van der Waals surface area (Å²) in [5.74, 6) is 1.31. The molecule has 26 heavy (non-hydrogen) atoms. The zero-order valence-electron chi connectivity index (χ0n) is 14.6. The quantitative estimate of drug-likeness (QED) is 0.613. The summed E-state index contributed by atoms with van der Waals surface area (Å²) in [6, 6.07) is 16.4. The van der Waals surface area contributed by atoms with Crippen LogP contribution in [0.2, 0.25) is 0 Å². The van der Waals surface area contributed by atoms with Crippen molar-refractivity contribution in [1.29, 1.82) is 0 Å². The zero-order chi connectivity index (χ0) is 17.9. The summed E-state index contributed by atoms with van der Waals surface area (Å²) in [5.41, 5.74) is 3.95. The highest BCUT2D eigenvalue weighted by Crippen LogP contribution is 2.46. The van der Waals surface area contributed by atoms with Crippen LogP contribution in [-0.2, 0) is 11.2 Å². The first-order chi connectivity index (χ1) is 12.7. The van der Waals surface area contributed by atoms with Crippen LogP contribution < -0.4 is 11.0 Å². The summed E-state index contributed by atoms with van der Waals surface area (Å²) in [6.45, 7) is 0.773. The molecule has 0 radical (unpaired) electrons. The fourth-order valence-electron chi connectivity index (χ4n) is 3.60. The van der Waals surface area contributed by atoms with Gasteiger partial charge in [-0.05, 0) is 54.4 Å². The van der Waals surface area contributed by atoms with Crippen molar-refractivity contribution in [1.82, 2.24) is 15.3 Å². The molecule has 1 amide bonds. The van der Waals surface area contributed by atoms with Crippen molar-refractivity contribution in [3.63, 3.8) is 0 Å². The summed E-state index contributed by atoms with van der Waals surface area (Å²) in [4.78, 5) is 28.8. The highest BCUT2D eigenvalue weighted by atomic mass is 16.1. The Morgan fingerprint density at radius 1 is 1.08 bits per heavy atom. The molecule has 1 aliphatic rings. The molecule has 5 nitrogen and oxygen atoms in total. The molecule has 4 rings (SSSR count). The zero-order valence-corrected chi connectivity index (χ0v) is 14.6. The van der Waals surface area contributed by atoms with Gasteiger partial charge in [0.1, 0.15) is 0 Å². The van der Waals surface area contributed by atoms with Crippen LogP contribution in [0.5, 0.6) is 0 Å². The molecule has 0 bridgehead atoms. The van der Waals surface area contributed by atoms with Crippen LogP contribution in [0.25, 0.3) is 11.0 Å². The lowest BCUT2D eigenvalue weighted by Gasteiger charge is -2.06. The van der Waals surface area contributed by atoms with Crippen LogP contribution in [-0.4, -0.2) is 22.4 Å². The number of carbonyl (C=O) groups excluding carboxylic acids is 1. The fourth-order valence-corrected chi connectivity index (χ4v) is 3.60. The van der Waals surface area contributed by atoms with E-state index < -0.39 is 0 Å². The minimum atomic E-state index is -0.189. The Morgan fingerprint density at radius 2 is 1.88 bits per heavy atom. The van der Waals surface area contributed by atoms with Gasteiger partial charge in [-0.1, -0.05) is 36.4 Å². The van der Waals surface area contributed by atoms with Crippen molar-refractivity contribution >= 4 is 16.9 Å². The predicted molar refractivity (Wildman–Crippen MR) is 102 cm³/mol. The number of hydrogen-bond donors (Lipinski definition) is 3. The van der Waals surface area contributed by atoms with Crippen LogP contribution in [0.15, 0.2) is 53.3 Å². The third-order valence-electron chi connectivity index (χ3n) is 5.16. The topological polar surface area (TPSA) is 77.8 Å². The van der Waals surface area contributed by atoms with E-state index in [0.29, 0.717) is 18.3 Å². The number of H-pyrrole nitrogens is 2. The number of amides is 1. The first-order valence-corrected chi connectivity index (χ1v) is 9.21. The van der Waals surface area contributed by atoms with Gasteiger partial charge < -0.3 is 15.3 Å². The number of fused-ring (bicyclic) bond motifs is 1. The monoisotopic (exact) mass is 349 g/mol. The van der Waals surface area contributed by atoms with Crippen molar-refractivity contribution in [3.8, 4) is 0 Å². The molecule has 1 fully saturated rings. The van der Waals surface area contributed by atoms with Crippen molar-refractivity contribution in [3.05, 3.63) is 70.1 Å². The normalized spacial score (nSPS) is 18.8. The molecule has 1 heterocycles. The first kappa shape index (κ1) is 16.6. The molecule has 5 heteroatoms. The summed E-state index contributed by atoms with van der Waals surface area (Å²) < 4.78 is 0. The molecule has 0 aliphatic heterocycles. The van der Waals surface area contributed by atoms with Crippen molar-refractivity contribution in [2.45, 2.75) is 31.6 Å². The molecule has 2 aromatic carbocycles. The Balaban J connectivity index is 1.19. The molecule has 1 aromatic heterocycles. The van der Waals surface area contributed by atoms with Gasteiger partial charge in [-0.2, -0.15) is 0 Å². The van der Waals surface area contributed by atoms with Gasteiger partial charge in [0.25, 0.3) is 0 Å². The van der Waals surface area contributed by atoms with E-state index in [-0.39, 0.29) is 11.6 Å². The number of rotatable bonds is 7. The van der Waals surface area contributed by atoms with E-state index in [1.165, 1.54) is 12.0 Å². The maximum Gasteiger partial charge on any atom is 0.323 e. The Bertz CT molecular complexity index is 958. The van der Waals surface area contributed by atoms with E-state index in [0.717, 1.165) is 36.0 Å². The molecular formula is C21H23N3O2. The second kappa shape index (κ2) is 7.20. The summed E-state index contributed by atoms with van der Waals surface area (Å²) in [5, 5.41) is 3.07. The van der Waals surface area contributed by atoms with Crippen molar-refractivity contribution in [2.75, 3.05) is 6.54 Å². The molecule has 0 saturated heterocycles. The van der Waals surface area contributed by atoms with Crippen LogP contribution in [0.4, 0.5) is 0 Å². The Hall–Kier alpha value is -2.82. The second-order valence-electron chi connectivity index (χ2n) is 7.13. The van der Waals surface area contributed by atoms with Gasteiger partial charge in [0.05, 0.1) is 11.0 Å². The van der Waals surface area contributed by atoms with E-state index in [4.69, 9.17) is 0 Å². The molecule has 0 unspecified atom stereocenters. The summed E-state index contributed by atoms with van der Waals surface area (Å²) in [7, 11) is 0. The molecule has 0 spiro atoms. The van der Waals surface area contributed by atoms with Gasteiger partial charge in [0, 0.05) is 13.0 Å². The minimum Gasteiger partial charge on any atom is -0.356 e. The second-order valence-corrected chi connectivity index (χ2v) is 7.13. The van der Waals surface area contributed by atoms with Gasteiger partial charge in [-0.25, -0.2) is 4.79 Å². The largest absolute Gasteiger partial charge is 0.356 e. The van der Waals surface area contributed by atoms with Gasteiger partial charge in [0.15, 0.2) is 0 Å². The van der Waals surface area contributed by atoms with Gasteiger partial charge >= 0.3 is 5.69 Å². The molecule has 1 saturated carbocycles. The molecular weight excluding hydrogens is 326 g/mol. The average Bonchev–Trinajstić information content (AvgIpc) is 3.33. The highest BCUT2D eigenvalue weighted by Gasteiger charge is 2.37. The van der Waals surface area contributed by atoms with E-state index >= 15 is 0 Å². The molecule has 134 valence electrons. The van der Waals surface area contributed by atoms with E-state index in [1.807, 2.05) is 24.3 Å². The molecule has 3 aromatic rings. The van der Waals surface area contributed by atoms with Gasteiger partial charge in [-0.15, -0.1) is 0 Å². The standard InChI is InChI=1S/C21H23N3O2/c25-20(22-13-16-12-17(16)15-6-2-1-3-7-15)8-4-5-14-9-10-18-19(11-14)24-21(26)23-18/h1-3,6-7,9-11,16-17H,4-5,8,12-13H2,(H,22,25)(H2,23,24,26)/t16-,17+/m0/s1. The van der Waals surface area contributed by atoms with Gasteiger partial charge in [-0.3, -0.25) is 4.79 Å². The average molecular weight is 349 g/mol. The first-order valence-electron chi connectivity index (χ1n) is 9.21. The maximum absolute atomic E-state index is 12.1. The Labute approximate surface area is 151 Å². The number of aromatic amines is 2. The minimum absolute atomic E-state index is 0.125. The summed E-state index contributed by atoms with van der Waals surface area (Å²) in [6.07, 6.45) is 3.33. The lowest BCUT2D eigenvalue weighted by molar-refractivity contribution is -0.121. The molecule has 2 atom stereocenters. The smallest absolute Gasteiger partial charge is 0.323 e. The SMILES string of the molecule is O=C(CCCc1ccc2[nH]c(=O)[nH]c2c1)NC[C@@H]1C[C@@H]1c1ccccc1. The highest BCUT2D eigenvalue weighted by molar-refractivity contribution is 5.76. The molecule has 1 aliphatic carbocycles. The van der Waals surface area contributed by atoms with Gasteiger partial charge in [0.2, 0.25) is 5.91 Å². The number of aryl methyl sites for hydroxylation is 1. The predicted octanol–water partition coefficient (Wildman–Crippen LogP) is 3.10. The Kier molecular flexibility index (Phi) is 4.61. The fraction of sp³-hybridized carbons (Fsp3) is 0.333. The number of hydrogen-bond acceptors (Lipinski definition) is 2. The van der Waals surface area contributed by atoms with Crippen LogP contribution in [0.1, 0.15) is 36.3 Å². The third kappa shape index (κ3) is 3.87. The Morgan fingerprint density at radius 3 is 2.73 bits per heavy atom. The van der Waals surface area contributed by atoms with Crippen LogP contribution in [0, 0.1) is 5.92 Å². The lowest BCUT2D eigenvalue weighted by Crippen LogP contribution is -2.25. The lowest BCUT2D eigenvalue weighted by atomic mass is 10.1. The third-order valence-corrected chi connectivity index (χ3v) is 5.16. The maximum atomic E-state index is 12.1. The number of imidazole rings is 1. The number of carbonyl (C=O) groups is 1. The van der Waals surface area contributed by atoms with E-state index in [9.17, 15) is 9.59 Å². The molecule has 3 N–H and O–H groups in total. The van der Waals surface area contributed by atoms with E-state index in [1.54, 1.807) is 0 Å². The number of aromatic nitrogens is 2. The van der Waals surface area contributed by atoms with Crippen LogP contribution >= 0.6 is 0 Å². The number of nitrogens with one attached hydrogen (secondary N) is 3. The number of benzene rings is 2. The van der Waals surface area contributed by atoms with E-state index in [2.05, 4.69) is 39.6 Å². The van der Waals surface area contributed by atoms with Crippen molar-refractivity contribution in [2.24, 2.45) is 5.92 Å². The van der Waals surface area contributed by atoms with Crippen molar-refractivity contribution < 1.29 is 4.79 Å².